The highest BCUT2D eigenvalue weighted by molar-refractivity contribution is 6.03. The van der Waals surface area contributed by atoms with Crippen LogP contribution in [0.3, 0.4) is 0 Å². The molecule has 0 unspecified atom stereocenters. The zero-order valence-electron chi connectivity index (χ0n) is 22.2. The van der Waals surface area contributed by atoms with E-state index in [9.17, 15) is 29.1 Å². The van der Waals surface area contributed by atoms with Crippen LogP contribution >= 0.6 is 0 Å². The molecular formula is C28H33N3O8. The van der Waals surface area contributed by atoms with Crippen LogP contribution in [0.5, 0.6) is 0 Å². The predicted molar refractivity (Wildman–Crippen MR) is 140 cm³/mol. The van der Waals surface area contributed by atoms with E-state index in [2.05, 4.69) is 10.6 Å². The van der Waals surface area contributed by atoms with Crippen LogP contribution in [0.25, 0.3) is 0 Å². The standard InChI is InChI=1S/C28H33N3O8/c1-17-22(23(32)29-21(25(34)35)16-19-13-9-6-10-14-19)31(27(37)38-17)24(33)20(15-18-11-7-5-8-12-18)30-26(36)39-28(2,3)4/h5-14,17,20-22H,15-16H2,1-4H3,(H,29,32)(H,30,36)(H,34,35)/t17-,20-,21-,22+/m0/s1. The minimum atomic E-state index is -1.46. The Morgan fingerprint density at radius 1 is 0.923 bits per heavy atom. The van der Waals surface area contributed by atoms with Gasteiger partial charge in [-0.25, -0.2) is 19.3 Å². The van der Waals surface area contributed by atoms with Gasteiger partial charge >= 0.3 is 18.2 Å². The number of rotatable bonds is 9. The van der Waals surface area contributed by atoms with Crippen molar-refractivity contribution in [3.05, 3.63) is 71.8 Å². The highest BCUT2D eigenvalue weighted by Gasteiger charge is 2.50. The summed E-state index contributed by atoms with van der Waals surface area (Å²) >= 11 is 0. The van der Waals surface area contributed by atoms with Crippen molar-refractivity contribution in [2.75, 3.05) is 0 Å². The lowest BCUT2D eigenvalue weighted by Gasteiger charge is -2.28. The maximum atomic E-state index is 13.7. The molecule has 4 amide bonds. The largest absolute Gasteiger partial charge is 0.480 e. The van der Waals surface area contributed by atoms with Crippen molar-refractivity contribution in [1.29, 1.82) is 0 Å². The van der Waals surface area contributed by atoms with Gasteiger partial charge in [0.2, 0.25) is 5.91 Å². The maximum absolute atomic E-state index is 13.7. The van der Waals surface area contributed by atoms with Crippen molar-refractivity contribution in [2.24, 2.45) is 0 Å². The van der Waals surface area contributed by atoms with Crippen molar-refractivity contribution < 1.29 is 38.6 Å². The van der Waals surface area contributed by atoms with Crippen LogP contribution in [0.2, 0.25) is 0 Å². The molecule has 0 radical (unpaired) electrons. The van der Waals surface area contributed by atoms with Gasteiger partial charge in [0.05, 0.1) is 0 Å². The molecule has 11 heteroatoms. The fraction of sp³-hybridized carbons (Fsp3) is 0.393. The van der Waals surface area contributed by atoms with Crippen LogP contribution in [0.4, 0.5) is 9.59 Å². The van der Waals surface area contributed by atoms with E-state index in [1.165, 1.54) is 6.92 Å². The van der Waals surface area contributed by atoms with Gasteiger partial charge in [0.1, 0.15) is 23.8 Å². The van der Waals surface area contributed by atoms with Crippen molar-refractivity contribution >= 4 is 30.0 Å². The molecule has 0 saturated carbocycles. The minimum Gasteiger partial charge on any atom is -0.480 e. The van der Waals surface area contributed by atoms with Crippen molar-refractivity contribution in [3.63, 3.8) is 0 Å². The van der Waals surface area contributed by atoms with E-state index >= 15 is 0 Å². The highest BCUT2D eigenvalue weighted by atomic mass is 16.6. The van der Waals surface area contributed by atoms with E-state index in [1.807, 2.05) is 0 Å². The second kappa shape index (κ2) is 12.4. The lowest BCUT2D eigenvalue weighted by Crippen LogP contribution is -2.58. The van der Waals surface area contributed by atoms with Crippen LogP contribution in [-0.4, -0.2) is 69.8 Å². The molecule has 208 valence electrons. The summed E-state index contributed by atoms with van der Waals surface area (Å²) in [5.41, 5.74) is 0.509. The monoisotopic (exact) mass is 539 g/mol. The fourth-order valence-electron chi connectivity index (χ4n) is 4.14. The number of ether oxygens (including phenoxy) is 2. The van der Waals surface area contributed by atoms with Crippen LogP contribution < -0.4 is 10.6 Å². The first-order chi connectivity index (χ1) is 18.4. The summed E-state index contributed by atoms with van der Waals surface area (Å²) in [5.74, 6) is -3.05. The molecule has 1 aliphatic rings. The molecule has 0 aliphatic carbocycles. The van der Waals surface area contributed by atoms with Gasteiger partial charge in [0, 0.05) is 12.8 Å². The third-order valence-electron chi connectivity index (χ3n) is 5.88. The minimum absolute atomic E-state index is 0.00280. The van der Waals surface area contributed by atoms with Crippen LogP contribution in [0, 0.1) is 0 Å². The molecule has 2 aromatic carbocycles. The van der Waals surface area contributed by atoms with Gasteiger partial charge in [-0.15, -0.1) is 0 Å². The summed E-state index contributed by atoms with van der Waals surface area (Å²) in [6, 6.07) is 13.4. The Hall–Kier alpha value is -4.41. The Kier molecular flexibility index (Phi) is 9.29. The number of carboxylic acids is 1. The summed E-state index contributed by atoms with van der Waals surface area (Å²) in [6.45, 7) is 6.41. The zero-order chi connectivity index (χ0) is 28.7. The van der Waals surface area contributed by atoms with Gasteiger partial charge in [0.25, 0.3) is 5.91 Å². The number of carbonyl (C=O) groups excluding carboxylic acids is 4. The van der Waals surface area contributed by atoms with Crippen molar-refractivity contribution in [3.8, 4) is 0 Å². The van der Waals surface area contributed by atoms with E-state index in [4.69, 9.17) is 9.47 Å². The smallest absolute Gasteiger partial charge is 0.417 e. The van der Waals surface area contributed by atoms with Crippen LogP contribution in [-0.2, 0) is 36.7 Å². The molecule has 39 heavy (non-hydrogen) atoms. The third kappa shape index (κ3) is 8.03. The number of imide groups is 1. The lowest BCUT2D eigenvalue weighted by atomic mass is 10.0. The number of carboxylic acid groups (broad SMARTS) is 1. The number of amides is 4. The Labute approximate surface area is 226 Å². The lowest BCUT2D eigenvalue weighted by molar-refractivity contribution is -0.143. The first-order valence-corrected chi connectivity index (χ1v) is 12.5. The van der Waals surface area contributed by atoms with Crippen molar-refractivity contribution in [1.82, 2.24) is 15.5 Å². The first-order valence-electron chi connectivity index (χ1n) is 12.5. The van der Waals surface area contributed by atoms with E-state index < -0.39 is 59.8 Å². The first kappa shape index (κ1) is 29.2. The number of carbonyl (C=O) groups is 5. The van der Waals surface area contributed by atoms with E-state index in [-0.39, 0.29) is 12.8 Å². The van der Waals surface area contributed by atoms with Crippen LogP contribution in [0.15, 0.2) is 60.7 Å². The molecule has 1 fully saturated rings. The van der Waals surface area contributed by atoms with Crippen molar-refractivity contribution in [2.45, 2.75) is 70.4 Å². The molecule has 0 aromatic heterocycles. The van der Waals surface area contributed by atoms with E-state index in [0.29, 0.717) is 16.0 Å². The molecule has 1 heterocycles. The highest BCUT2D eigenvalue weighted by Crippen LogP contribution is 2.22. The van der Waals surface area contributed by atoms with Gasteiger partial charge in [0.15, 0.2) is 6.04 Å². The fourth-order valence-corrected chi connectivity index (χ4v) is 4.14. The number of alkyl carbamates (subject to hydrolysis) is 1. The molecular weight excluding hydrogens is 506 g/mol. The number of cyclic esters (lactones) is 1. The second-order valence-electron chi connectivity index (χ2n) is 10.2. The molecule has 0 spiro atoms. The SMILES string of the molecule is C[C@@H]1OC(=O)N(C(=O)[C@H](Cc2ccccc2)NC(=O)OC(C)(C)C)[C@H]1C(=O)N[C@@H](Cc1ccccc1)C(=O)O. The molecule has 1 aliphatic heterocycles. The molecule has 3 N–H and O–H groups in total. The Balaban J connectivity index is 1.85. The van der Waals surface area contributed by atoms with Gasteiger partial charge in [-0.3, -0.25) is 9.59 Å². The van der Waals surface area contributed by atoms with E-state index in [1.54, 1.807) is 81.4 Å². The Morgan fingerprint density at radius 2 is 1.44 bits per heavy atom. The van der Waals surface area contributed by atoms with Gasteiger partial charge in [-0.1, -0.05) is 60.7 Å². The molecule has 1 saturated heterocycles. The summed E-state index contributed by atoms with van der Waals surface area (Å²) in [7, 11) is 0. The van der Waals surface area contributed by atoms with Crippen LogP contribution in [0.1, 0.15) is 38.8 Å². The van der Waals surface area contributed by atoms with Gasteiger partial charge < -0.3 is 25.2 Å². The molecule has 4 atom stereocenters. The molecule has 2 aromatic rings. The van der Waals surface area contributed by atoms with Gasteiger partial charge in [-0.05, 0) is 38.8 Å². The maximum Gasteiger partial charge on any atom is 0.417 e. The number of nitrogens with one attached hydrogen (secondary N) is 2. The second-order valence-corrected chi connectivity index (χ2v) is 10.2. The normalized spacial score (nSPS) is 18.5. The quantitative estimate of drug-likeness (QED) is 0.440. The number of hydrogen-bond donors (Lipinski definition) is 3. The summed E-state index contributed by atoms with van der Waals surface area (Å²) in [6.07, 6.45) is -3.04. The molecule has 3 rings (SSSR count). The predicted octanol–water partition coefficient (Wildman–Crippen LogP) is 2.67. The Bertz CT molecular complexity index is 1200. The molecule has 11 nitrogen and oxygen atoms in total. The Morgan fingerprint density at radius 3 is 1.92 bits per heavy atom. The average molecular weight is 540 g/mol. The number of nitrogens with zero attached hydrogens (tertiary/aromatic N) is 1. The average Bonchev–Trinajstić information content (AvgIpc) is 3.16. The summed E-state index contributed by atoms with van der Waals surface area (Å²) in [5, 5.41) is 14.6. The summed E-state index contributed by atoms with van der Waals surface area (Å²) < 4.78 is 10.5. The topological polar surface area (TPSA) is 151 Å². The number of aliphatic carboxylic acids is 1. The number of benzene rings is 2. The number of hydrogen-bond acceptors (Lipinski definition) is 7. The zero-order valence-corrected chi connectivity index (χ0v) is 22.2. The van der Waals surface area contributed by atoms with E-state index in [0.717, 1.165) is 0 Å². The summed E-state index contributed by atoms with van der Waals surface area (Å²) in [4.78, 5) is 64.9. The molecule has 0 bridgehead atoms. The third-order valence-corrected chi connectivity index (χ3v) is 5.88. The van der Waals surface area contributed by atoms with Gasteiger partial charge in [-0.2, -0.15) is 0 Å².